The van der Waals surface area contributed by atoms with Crippen molar-refractivity contribution in [2.75, 3.05) is 26.1 Å². The van der Waals surface area contributed by atoms with Gasteiger partial charge in [0.05, 0.1) is 14.2 Å². The van der Waals surface area contributed by atoms with E-state index in [9.17, 15) is 14.7 Å². The van der Waals surface area contributed by atoms with Crippen LogP contribution in [0.15, 0.2) is 66.7 Å². The van der Waals surface area contributed by atoms with Crippen molar-refractivity contribution in [3.05, 3.63) is 89.0 Å². The number of methoxy groups -OCH3 is 2. The summed E-state index contributed by atoms with van der Waals surface area (Å²) in [6.45, 7) is 1.82. The summed E-state index contributed by atoms with van der Waals surface area (Å²) in [5.74, 6) is 0.435. The molecule has 0 bridgehead atoms. The zero-order valence-electron chi connectivity index (χ0n) is 18.2. The van der Waals surface area contributed by atoms with E-state index in [-0.39, 0.29) is 18.4 Å². The van der Waals surface area contributed by atoms with Gasteiger partial charge in [0.1, 0.15) is 17.6 Å². The summed E-state index contributed by atoms with van der Waals surface area (Å²) in [4.78, 5) is 25.2. The minimum Gasteiger partial charge on any atom is -0.497 e. The smallest absolute Gasteiger partial charge is 0.255 e. The molecule has 3 aromatic carbocycles. The molecule has 3 rings (SSSR count). The lowest BCUT2D eigenvalue weighted by molar-refractivity contribution is 0.0914. The van der Waals surface area contributed by atoms with Crippen molar-refractivity contribution in [1.29, 1.82) is 0 Å². The predicted octanol–water partition coefficient (Wildman–Crippen LogP) is 3.73. The van der Waals surface area contributed by atoms with Crippen LogP contribution in [0.5, 0.6) is 11.5 Å². The number of rotatable bonds is 8. The highest BCUT2D eigenvalue weighted by Gasteiger charge is 2.17. The van der Waals surface area contributed by atoms with Gasteiger partial charge in [0.25, 0.3) is 11.8 Å². The second kappa shape index (κ2) is 10.5. The molecule has 1 unspecified atom stereocenters. The molecule has 0 fully saturated rings. The van der Waals surface area contributed by atoms with Crippen molar-refractivity contribution in [1.82, 2.24) is 5.32 Å². The molecular weight excluding hydrogens is 408 g/mol. The number of nitrogens with one attached hydrogen (secondary N) is 2. The number of hydrogen-bond donors (Lipinski definition) is 3. The van der Waals surface area contributed by atoms with Gasteiger partial charge < -0.3 is 25.2 Å². The minimum absolute atomic E-state index is 0.0258. The Hall–Kier alpha value is -3.84. The van der Waals surface area contributed by atoms with Crippen molar-refractivity contribution in [3.63, 3.8) is 0 Å². The third-order valence-electron chi connectivity index (χ3n) is 5.04. The third-order valence-corrected chi connectivity index (χ3v) is 5.04. The lowest BCUT2D eigenvalue weighted by Crippen LogP contribution is -2.28. The molecule has 0 aliphatic rings. The average molecular weight is 434 g/mol. The zero-order valence-corrected chi connectivity index (χ0v) is 18.2. The number of aliphatic hydroxyl groups is 1. The van der Waals surface area contributed by atoms with Crippen LogP contribution >= 0.6 is 0 Å². The van der Waals surface area contributed by atoms with Crippen LogP contribution in [0.3, 0.4) is 0 Å². The molecule has 7 heteroatoms. The van der Waals surface area contributed by atoms with E-state index >= 15 is 0 Å². The molecule has 0 heterocycles. The van der Waals surface area contributed by atoms with Gasteiger partial charge in [-0.05, 0) is 55.0 Å². The largest absolute Gasteiger partial charge is 0.497 e. The van der Waals surface area contributed by atoms with E-state index in [2.05, 4.69) is 10.6 Å². The minimum atomic E-state index is -0.994. The van der Waals surface area contributed by atoms with Crippen molar-refractivity contribution in [2.45, 2.75) is 13.0 Å². The van der Waals surface area contributed by atoms with E-state index in [4.69, 9.17) is 9.47 Å². The first-order chi connectivity index (χ1) is 15.4. The maximum absolute atomic E-state index is 12.7. The summed E-state index contributed by atoms with van der Waals surface area (Å²) in [6.07, 6.45) is -0.994. The molecular formula is C25H26N2O5. The molecule has 32 heavy (non-hydrogen) atoms. The molecule has 0 aliphatic heterocycles. The number of anilines is 1. The Bertz CT molecular complexity index is 1100. The third kappa shape index (κ3) is 5.44. The number of amides is 2. The Labute approximate surface area is 187 Å². The number of carbonyl (C=O) groups excluding carboxylic acids is 2. The topological polar surface area (TPSA) is 96.9 Å². The summed E-state index contributed by atoms with van der Waals surface area (Å²) < 4.78 is 10.5. The summed E-state index contributed by atoms with van der Waals surface area (Å²) in [5.41, 5.74) is 2.77. The Morgan fingerprint density at radius 2 is 1.66 bits per heavy atom. The van der Waals surface area contributed by atoms with Gasteiger partial charge in [0.15, 0.2) is 0 Å². The number of aliphatic hydroxyl groups excluding tert-OH is 1. The SMILES string of the molecule is COc1ccc(OC)c(C(O)CNC(=O)c2ccc(C)c(NC(=O)c3ccccc3)c2)c1. The van der Waals surface area contributed by atoms with E-state index in [1.54, 1.807) is 60.7 Å². The first kappa shape index (κ1) is 22.8. The Kier molecular flexibility index (Phi) is 7.46. The summed E-state index contributed by atoms with van der Waals surface area (Å²) in [7, 11) is 3.04. The van der Waals surface area contributed by atoms with E-state index in [1.807, 2.05) is 13.0 Å². The molecule has 3 N–H and O–H groups in total. The van der Waals surface area contributed by atoms with Crippen LogP contribution < -0.4 is 20.1 Å². The fraction of sp³-hybridized carbons (Fsp3) is 0.200. The van der Waals surface area contributed by atoms with Crippen LogP contribution in [-0.4, -0.2) is 37.7 Å². The number of ether oxygens (including phenoxy) is 2. The van der Waals surface area contributed by atoms with Crippen LogP contribution in [0.4, 0.5) is 5.69 Å². The summed E-state index contributed by atoms with van der Waals surface area (Å²) >= 11 is 0. The van der Waals surface area contributed by atoms with Gasteiger partial charge in [-0.25, -0.2) is 0 Å². The maximum Gasteiger partial charge on any atom is 0.255 e. The molecule has 7 nitrogen and oxygen atoms in total. The van der Waals surface area contributed by atoms with E-state index in [1.165, 1.54) is 14.2 Å². The Morgan fingerprint density at radius 1 is 0.906 bits per heavy atom. The molecule has 0 spiro atoms. The van der Waals surface area contributed by atoms with Crippen molar-refractivity contribution >= 4 is 17.5 Å². The normalized spacial score (nSPS) is 11.4. The number of benzene rings is 3. The van der Waals surface area contributed by atoms with E-state index in [0.29, 0.717) is 33.9 Å². The van der Waals surface area contributed by atoms with Gasteiger partial charge in [0.2, 0.25) is 0 Å². The Balaban J connectivity index is 1.69. The molecule has 0 saturated heterocycles. The first-order valence-corrected chi connectivity index (χ1v) is 10.1. The quantitative estimate of drug-likeness (QED) is 0.502. The van der Waals surface area contributed by atoms with Gasteiger partial charge in [0, 0.05) is 28.9 Å². The lowest BCUT2D eigenvalue weighted by Gasteiger charge is -2.17. The fourth-order valence-electron chi connectivity index (χ4n) is 3.18. The number of hydrogen-bond acceptors (Lipinski definition) is 5. The molecule has 166 valence electrons. The number of carbonyl (C=O) groups is 2. The second-order valence-corrected chi connectivity index (χ2v) is 7.18. The average Bonchev–Trinajstić information content (AvgIpc) is 2.83. The maximum atomic E-state index is 12.7. The number of aryl methyl sites for hydroxylation is 1. The molecule has 0 aromatic heterocycles. The Morgan fingerprint density at radius 3 is 2.34 bits per heavy atom. The van der Waals surface area contributed by atoms with Crippen LogP contribution in [0.1, 0.15) is 37.9 Å². The van der Waals surface area contributed by atoms with E-state index < -0.39 is 6.10 Å². The highest BCUT2D eigenvalue weighted by molar-refractivity contribution is 6.05. The van der Waals surface area contributed by atoms with Crippen LogP contribution in [0, 0.1) is 6.92 Å². The van der Waals surface area contributed by atoms with Gasteiger partial charge in [-0.15, -0.1) is 0 Å². The zero-order chi connectivity index (χ0) is 23.1. The van der Waals surface area contributed by atoms with Crippen molar-refractivity contribution < 1.29 is 24.2 Å². The molecule has 0 saturated carbocycles. The van der Waals surface area contributed by atoms with Crippen molar-refractivity contribution in [3.8, 4) is 11.5 Å². The standard InChI is InChI=1S/C25H26N2O5/c1-16-9-10-18(13-21(16)27-25(30)17-7-5-4-6-8-17)24(29)26-15-22(28)20-14-19(31-2)11-12-23(20)32-3/h4-14,22,28H,15H2,1-3H3,(H,26,29)(H,27,30). The lowest BCUT2D eigenvalue weighted by atomic mass is 10.1. The molecule has 0 aliphatic carbocycles. The summed E-state index contributed by atoms with van der Waals surface area (Å²) in [6, 6.07) is 19.0. The molecule has 3 aromatic rings. The van der Waals surface area contributed by atoms with Gasteiger partial charge >= 0.3 is 0 Å². The van der Waals surface area contributed by atoms with E-state index in [0.717, 1.165) is 5.56 Å². The highest BCUT2D eigenvalue weighted by Crippen LogP contribution is 2.29. The van der Waals surface area contributed by atoms with Crippen LogP contribution in [0.2, 0.25) is 0 Å². The van der Waals surface area contributed by atoms with Gasteiger partial charge in [-0.3, -0.25) is 9.59 Å². The molecule has 2 amide bonds. The summed E-state index contributed by atoms with van der Waals surface area (Å²) in [5, 5.41) is 16.1. The van der Waals surface area contributed by atoms with Crippen molar-refractivity contribution in [2.24, 2.45) is 0 Å². The highest BCUT2D eigenvalue weighted by atomic mass is 16.5. The van der Waals surface area contributed by atoms with Gasteiger partial charge in [-0.1, -0.05) is 24.3 Å². The second-order valence-electron chi connectivity index (χ2n) is 7.18. The van der Waals surface area contributed by atoms with Crippen LogP contribution in [-0.2, 0) is 0 Å². The fourth-order valence-corrected chi connectivity index (χ4v) is 3.18. The predicted molar refractivity (Wildman–Crippen MR) is 122 cm³/mol. The molecule has 0 radical (unpaired) electrons. The monoisotopic (exact) mass is 434 g/mol. The van der Waals surface area contributed by atoms with Gasteiger partial charge in [-0.2, -0.15) is 0 Å². The first-order valence-electron chi connectivity index (χ1n) is 10.1. The molecule has 1 atom stereocenters. The van der Waals surface area contributed by atoms with Crippen LogP contribution in [0.25, 0.3) is 0 Å².